The maximum Gasteiger partial charge on any atom is 0.256 e. The zero-order chi connectivity index (χ0) is 59.2. The number of fused-ring (bicyclic) bond motifs is 2. The zero-order valence-corrected chi connectivity index (χ0v) is 49.1. The largest absolute Gasteiger partial charge is 0.391 e. The molecule has 6 aliphatic rings. The minimum atomic E-state index is -3.63. The third-order valence-corrected chi connectivity index (χ3v) is 17.6. The van der Waals surface area contributed by atoms with Gasteiger partial charge in [-0.15, -0.1) is 0 Å². The van der Waals surface area contributed by atoms with Gasteiger partial charge in [-0.2, -0.15) is 19.2 Å². The molecule has 4 aromatic heterocycles. The van der Waals surface area contributed by atoms with Gasteiger partial charge in [-0.25, -0.2) is 26.8 Å². The van der Waals surface area contributed by atoms with E-state index in [0.29, 0.717) is 83.4 Å². The Kier molecular flexibility index (Phi) is 16.5. The molecule has 6 atom stereocenters. The summed E-state index contributed by atoms with van der Waals surface area (Å²) in [6, 6.07) is 14.7. The first-order valence-corrected chi connectivity index (χ1v) is 32.2. The van der Waals surface area contributed by atoms with Gasteiger partial charge in [0.2, 0.25) is 20.0 Å². The summed E-state index contributed by atoms with van der Waals surface area (Å²) in [6.45, 7) is 5.71. The smallest absolute Gasteiger partial charge is 0.256 e. The van der Waals surface area contributed by atoms with Crippen LogP contribution in [0.4, 0.5) is 34.6 Å². The molecule has 2 aromatic carbocycles. The fourth-order valence-corrected chi connectivity index (χ4v) is 13.1. The number of aromatic nitrogens is 6. The van der Waals surface area contributed by atoms with E-state index in [9.17, 15) is 36.6 Å². The number of β-amino-alcohol motifs (C(OH)–C–C–N with tert-alkyl or cyclic N) is 2. The molecule has 0 spiro atoms. The van der Waals surface area contributed by atoms with Gasteiger partial charge in [-0.3, -0.25) is 19.0 Å². The average molecular weight is 1230 g/mol. The van der Waals surface area contributed by atoms with Gasteiger partial charge in [0, 0.05) is 110 Å². The molecule has 2 amide bonds. The van der Waals surface area contributed by atoms with Gasteiger partial charge in [0.1, 0.15) is 23.3 Å². The summed E-state index contributed by atoms with van der Waals surface area (Å²) in [4.78, 5) is 55.1. The molecule has 0 bridgehead atoms. The van der Waals surface area contributed by atoms with E-state index in [-0.39, 0.29) is 59.5 Å². The number of anilines is 6. The van der Waals surface area contributed by atoms with Gasteiger partial charge in [0.15, 0.2) is 11.3 Å². The Hall–Kier alpha value is -7.56. The van der Waals surface area contributed by atoms with E-state index in [1.165, 1.54) is 36.4 Å². The summed E-state index contributed by atoms with van der Waals surface area (Å²) >= 11 is 12.5. The van der Waals surface area contributed by atoms with E-state index in [4.69, 9.17) is 54.4 Å². The number of aliphatic hydroxyl groups is 2. The first kappa shape index (κ1) is 58.2. The topological polar surface area (TPSA) is 344 Å². The van der Waals surface area contributed by atoms with Crippen molar-refractivity contribution in [2.75, 3.05) is 107 Å². The Morgan fingerprint density at radius 1 is 0.571 bits per heavy atom. The van der Waals surface area contributed by atoms with Crippen molar-refractivity contribution >= 4 is 101 Å². The Morgan fingerprint density at radius 2 is 0.976 bits per heavy atom. The van der Waals surface area contributed by atoms with Crippen molar-refractivity contribution in [2.45, 2.75) is 87.7 Å². The number of hydrogen-bond donors (Lipinski definition) is 4. The maximum atomic E-state index is 14.0. The Bertz CT molecular complexity index is 3620. The molecule has 32 heteroatoms. The van der Waals surface area contributed by atoms with Crippen LogP contribution in [0.5, 0.6) is 0 Å². The van der Waals surface area contributed by atoms with E-state index < -0.39 is 44.3 Å². The van der Waals surface area contributed by atoms with Crippen LogP contribution in [0.25, 0.3) is 32.2 Å². The summed E-state index contributed by atoms with van der Waals surface area (Å²) in [5.41, 5.74) is 21.1. The molecule has 28 nitrogen and oxygen atoms in total. The summed E-state index contributed by atoms with van der Waals surface area (Å²) < 4.78 is 56.3. The summed E-state index contributed by atoms with van der Waals surface area (Å²) in [6.07, 6.45) is 7.28. The first-order valence-electron chi connectivity index (χ1n) is 27.6. The number of sulfonamides is 2. The lowest BCUT2D eigenvalue weighted by molar-refractivity contribution is 0.0600. The molecule has 0 unspecified atom stereocenters. The third-order valence-electron chi connectivity index (χ3n) is 16.0. The summed E-state index contributed by atoms with van der Waals surface area (Å²) in [7, 11) is -7.27. The van der Waals surface area contributed by atoms with Gasteiger partial charge in [-0.1, -0.05) is 33.4 Å². The van der Waals surface area contributed by atoms with Crippen LogP contribution >= 0.6 is 23.2 Å². The van der Waals surface area contributed by atoms with Crippen LogP contribution in [-0.4, -0.2) is 180 Å². The maximum absolute atomic E-state index is 14.0. The number of halogens is 2. The highest BCUT2D eigenvalue weighted by Gasteiger charge is 2.38. The number of hydrogen-bond acceptors (Lipinski definition) is 18. The molecule has 0 aliphatic carbocycles. The number of nitrogens with zero attached hydrogens (tertiary/aromatic N) is 18. The second-order valence-electron chi connectivity index (χ2n) is 21.9. The molecular formula is C52H62Cl2N20O8S2. The normalized spacial score (nSPS) is 22.6. The molecule has 84 heavy (non-hydrogen) atoms. The number of amides is 2. The highest BCUT2D eigenvalue weighted by Crippen LogP contribution is 2.39. The van der Waals surface area contributed by atoms with Gasteiger partial charge in [0.05, 0.1) is 82.8 Å². The number of carbonyl (C=O) groups is 2. The Balaban J connectivity index is 0.000000175. The quantitative estimate of drug-likeness (QED) is 0.0522. The summed E-state index contributed by atoms with van der Waals surface area (Å²) in [5, 5.41) is 39.0. The predicted octanol–water partition coefficient (Wildman–Crippen LogP) is 6.38. The number of aliphatic hydroxyl groups excluding tert-OH is 2. The monoisotopic (exact) mass is 1230 g/mol. The van der Waals surface area contributed by atoms with Crippen molar-refractivity contribution in [2.24, 2.45) is 10.2 Å². The molecule has 12 rings (SSSR count). The minimum absolute atomic E-state index is 0.163. The van der Waals surface area contributed by atoms with Crippen molar-refractivity contribution in [1.82, 2.24) is 39.0 Å². The number of piperidine rings is 2. The van der Waals surface area contributed by atoms with Crippen molar-refractivity contribution in [3.63, 3.8) is 0 Å². The highest BCUT2D eigenvalue weighted by atomic mass is 35.5. The number of azide groups is 2. The van der Waals surface area contributed by atoms with Gasteiger partial charge >= 0.3 is 0 Å². The van der Waals surface area contributed by atoms with Gasteiger partial charge in [0.25, 0.3) is 11.8 Å². The molecule has 10 heterocycles. The molecule has 4 N–H and O–H groups in total. The lowest BCUT2D eigenvalue weighted by Gasteiger charge is -2.35. The van der Waals surface area contributed by atoms with Crippen molar-refractivity contribution in [3.05, 3.63) is 114 Å². The average Bonchev–Trinajstić information content (AvgIpc) is 2.09. The number of nitrogens with one attached hydrogen (secondary N) is 2. The molecule has 444 valence electrons. The number of benzene rings is 2. The van der Waals surface area contributed by atoms with Crippen LogP contribution in [0.15, 0.2) is 70.9 Å². The highest BCUT2D eigenvalue weighted by molar-refractivity contribution is 7.92. The van der Waals surface area contributed by atoms with Gasteiger partial charge in [-0.05, 0) is 98.8 Å². The molecule has 6 saturated heterocycles. The van der Waals surface area contributed by atoms with Crippen LogP contribution in [0.2, 0.25) is 10.0 Å². The third kappa shape index (κ3) is 12.3. The van der Waals surface area contributed by atoms with Crippen LogP contribution in [0.1, 0.15) is 95.6 Å². The number of likely N-dealkylation sites (tertiary alicyclic amines) is 2. The predicted molar refractivity (Wildman–Crippen MR) is 317 cm³/mol. The van der Waals surface area contributed by atoms with Crippen LogP contribution in [0, 0.1) is 0 Å². The first-order chi connectivity index (χ1) is 40.2. The Morgan fingerprint density at radius 3 is 1.33 bits per heavy atom. The van der Waals surface area contributed by atoms with Crippen LogP contribution in [-0.2, 0) is 20.0 Å². The fourth-order valence-electron chi connectivity index (χ4n) is 11.6. The molecule has 0 saturated carbocycles. The summed E-state index contributed by atoms with van der Waals surface area (Å²) in [5.74, 6) is 2.32. The minimum Gasteiger partial charge on any atom is -0.391 e. The molecule has 0 radical (unpaired) electrons. The zero-order valence-electron chi connectivity index (χ0n) is 45.9. The van der Waals surface area contributed by atoms with E-state index in [0.717, 1.165) is 88.9 Å². The van der Waals surface area contributed by atoms with E-state index in [1.54, 1.807) is 18.8 Å². The van der Waals surface area contributed by atoms with E-state index >= 15 is 0 Å². The fraction of sp³-hybridized carbons (Fsp3) is 0.500. The van der Waals surface area contributed by atoms with Crippen molar-refractivity contribution in [1.29, 1.82) is 0 Å². The van der Waals surface area contributed by atoms with Crippen molar-refractivity contribution in [3.8, 4) is 0 Å². The van der Waals surface area contributed by atoms with Crippen molar-refractivity contribution < 1.29 is 36.6 Å². The van der Waals surface area contributed by atoms with Gasteiger partial charge < -0.3 is 39.6 Å². The Labute approximate surface area is 493 Å². The van der Waals surface area contributed by atoms with E-state index in [1.807, 2.05) is 34.1 Å². The SMILES string of the molecule is CS(=O)(=O)Nc1ccc(Cl)cc1C(=O)N1CCCC[C@H]1c1cc2nc(N3CCC3)cc(N3C[C@@H](O)[C@H](N=[N+]=[N-])C3)n2n1.CS(=O)(=O)Nc1ccc(Cl)cc1C(=O)N1CCCC[C@H]1c1cc2nc(N3CCC3)cc(N3C[C@H](N=[N+]=[N-])[C@@H](O)C3)n2n1. The molecule has 6 fully saturated rings. The second-order valence-corrected chi connectivity index (χ2v) is 26.3. The molecular weight excluding hydrogens is 1170 g/mol. The molecule has 6 aromatic rings. The number of rotatable bonds is 14. The standard InChI is InChI=1S/2C26H31ClN10O4S/c2*1-42(40,41)32-18-7-6-16(27)11-17(18)26(39)36-10-3-2-5-21(36)19-12-24-29-23(34-8-4-9-34)13-25(37(24)31-19)35-14-20(30-33-28)22(38)15-35/h2*6-7,11-13,20-22,32,38H,2-5,8-10,14-15H2,1H3/t20-,21+,22-;20-,21-,22-/m10/s1. The lowest BCUT2D eigenvalue weighted by atomic mass is 9.98. The molecule has 6 aliphatic heterocycles. The lowest BCUT2D eigenvalue weighted by Crippen LogP contribution is -2.39. The van der Waals surface area contributed by atoms with E-state index in [2.05, 4.69) is 39.3 Å². The van der Waals surface area contributed by atoms with Crippen LogP contribution in [0.3, 0.4) is 0 Å². The van der Waals surface area contributed by atoms with Crippen LogP contribution < -0.4 is 29.0 Å². The second kappa shape index (κ2) is 23.8. The number of carbonyl (C=O) groups excluding carboxylic acids is 2.